The van der Waals surface area contributed by atoms with Gasteiger partial charge in [-0.05, 0) is 53.9 Å². The van der Waals surface area contributed by atoms with Crippen LogP contribution in [0, 0.1) is 6.92 Å². The van der Waals surface area contributed by atoms with Crippen LogP contribution in [0.5, 0.6) is 0 Å². The highest BCUT2D eigenvalue weighted by Gasteiger charge is 2.36. The summed E-state index contributed by atoms with van der Waals surface area (Å²) >= 11 is 0. The van der Waals surface area contributed by atoms with Crippen LogP contribution in [0.3, 0.4) is 0 Å². The molecule has 1 N–H and O–H groups in total. The van der Waals surface area contributed by atoms with Gasteiger partial charge in [0.15, 0.2) is 5.76 Å². The van der Waals surface area contributed by atoms with Crippen LogP contribution in [0.2, 0.25) is 0 Å². The number of hydrogen-bond acceptors (Lipinski definition) is 5. The molecule has 1 unspecified atom stereocenters. The molecule has 2 aromatic carbocycles. The smallest absolute Gasteiger partial charge is 0.290 e. The summed E-state index contributed by atoms with van der Waals surface area (Å²) in [7, 11) is 0. The Morgan fingerprint density at radius 1 is 1.00 bits per heavy atom. The van der Waals surface area contributed by atoms with Gasteiger partial charge in [-0.15, -0.1) is 0 Å². The molecule has 1 fully saturated rings. The molecule has 2 amide bonds. The molecule has 5 rings (SSSR count). The zero-order chi connectivity index (χ0) is 22.8. The number of rotatable bonds is 4. The third-order valence-corrected chi connectivity index (χ3v) is 6.39. The van der Waals surface area contributed by atoms with Gasteiger partial charge >= 0.3 is 0 Å². The number of carbonyl (C=O) groups is 2. The Bertz CT molecular complexity index is 1150. The minimum atomic E-state index is -0.629. The quantitative estimate of drug-likeness (QED) is 0.664. The van der Waals surface area contributed by atoms with Crippen molar-refractivity contribution in [1.82, 2.24) is 4.90 Å². The van der Waals surface area contributed by atoms with Crippen molar-refractivity contribution in [3.63, 3.8) is 0 Å². The van der Waals surface area contributed by atoms with Crippen molar-refractivity contribution in [2.45, 2.75) is 25.9 Å². The lowest BCUT2D eigenvalue weighted by molar-refractivity contribution is -0.121. The first-order chi connectivity index (χ1) is 16.1. The first-order valence-corrected chi connectivity index (χ1v) is 11.3. The Hall–Kier alpha value is -3.58. The Morgan fingerprint density at radius 2 is 1.79 bits per heavy atom. The number of nitrogens with one attached hydrogen (secondary N) is 1. The average Bonchev–Trinajstić information content (AvgIpc) is 3.39. The van der Waals surface area contributed by atoms with Crippen molar-refractivity contribution >= 4 is 23.2 Å². The standard InChI is InChI=1S/C26H27N3O4/c1-18-15-21(28-10-13-32-14-11-28)8-9-22(18)27-25(30)23-16-19-5-2-3-6-20(19)17-29(23)26(31)24-7-4-12-33-24/h2-9,12,15,23H,10-11,13-14,16-17H2,1H3,(H,27,30). The van der Waals surface area contributed by atoms with Gasteiger partial charge in [0, 0.05) is 37.4 Å². The fourth-order valence-electron chi connectivity index (χ4n) is 4.53. The zero-order valence-corrected chi connectivity index (χ0v) is 18.6. The number of carbonyl (C=O) groups excluding carboxylic acids is 2. The van der Waals surface area contributed by atoms with Crippen molar-refractivity contribution in [3.8, 4) is 0 Å². The number of morpholine rings is 1. The molecule has 3 heterocycles. The first-order valence-electron chi connectivity index (χ1n) is 11.3. The third-order valence-electron chi connectivity index (χ3n) is 6.39. The molecule has 1 saturated heterocycles. The van der Waals surface area contributed by atoms with E-state index in [-0.39, 0.29) is 17.6 Å². The van der Waals surface area contributed by atoms with Gasteiger partial charge in [-0.25, -0.2) is 0 Å². The maximum atomic E-state index is 13.4. The maximum absolute atomic E-state index is 13.4. The highest BCUT2D eigenvalue weighted by Crippen LogP contribution is 2.28. The van der Waals surface area contributed by atoms with Gasteiger partial charge in [-0.3, -0.25) is 9.59 Å². The highest BCUT2D eigenvalue weighted by molar-refractivity contribution is 6.01. The lowest BCUT2D eigenvalue weighted by Gasteiger charge is -2.35. The molecule has 0 saturated carbocycles. The monoisotopic (exact) mass is 445 g/mol. The van der Waals surface area contributed by atoms with E-state index in [4.69, 9.17) is 9.15 Å². The number of amides is 2. The maximum Gasteiger partial charge on any atom is 0.290 e. The fourth-order valence-corrected chi connectivity index (χ4v) is 4.53. The van der Waals surface area contributed by atoms with E-state index >= 15 is 0 Å². The van der Waals surface area contributed by atoms with Crippen LogP contribution in [0.1, 0.15) is 27.2 Å². The molecular formula is C26H27N3O4. The third kappa shape index (κ3) is 4.36. The van der Waals surface area contributed by atoms with Crippen LogP contribution >= 0.6 is 0 Å². The molecule has 2 aliphatic heterocycles. The molecule has 0 radical (unpaired) electrons. The second-order valence-electron chi connectivity index (χ2n) is 8.49. The summed E-state index contributed by atoms with van der Waals surface area (Å²) in [6.45, 7) is 5.51. The average molecular weight is 446 g/mol. The van der Waals surface area contributed by atoms with Gasteiger partial charge in [0.1, 0.15) is 6.04 Å². The Kier molecular flexibility index (Phi) is 5.88. The summed E-state index contributed by atoms with van der Waals surface area (Å²) in [5.74, 6) is -0.251. The minimum absolute atomic E-state index is 0.202. The van der Waals surface area contributed by atoms with Crippen molar-refractivity contribution in [1.29, 1.82) is 0 Å². The van der Waals surface area contributed by atoms with Crippen molar-refractivity contribution in [2.75, 3.05) is 36.5 Å². The summed E-state index contributed by atoms with van der Waals surface area (Å²) in [5.41, 5.74) is 4.98. The molecule has 33 heavy (non-hydrogen) atoms. The summed E-state index contributed by atoms with van der Waals surface area (Å²) in [6, 6.07) is 16.7. The molecule has 3 aromatic rings. The molecule has 170 valence electrons. The molecule has 7 nitrogen and oxygen atoms in total. The largest absolute Gasteiger partial charge is 0.459 e. The Balaban J connectivity index is 1.38. The van der Waals surface area contributed by atoms with E-state index in [0.717, 1.165) is 54.4 Å². The van der Waals surface area contributed by atoms with Crippen molar-refractivity contribution in [2.24, 2.45) is 0 Å². The fraction of sp³-hybridized carbons (Fsp3) is 0.308. The molecule has 1 atom stereocenters. The van der Waals surface area contributed by atoms with E-state index in [2.05, 4.69) is 16.3 Å². The van der Waals surface area contributed by atoms with E-state index < -0.39 is 6.04 Å². The number of fused-ring (bicyclic) bond motifs is 1. The van der Waals surface area contributed by atoms with Crippen LogP contribution < -0.4 is 10.2 Å². The summed E-state index contributed by atoms with van der Waals surface area (Å²) in [5, 5.41) is 3.06. The molecular weight excluding hydrogens is 418 g/mol. The van der Waals surface area contributed by atoms with Crippen molar-refractivity contribution < 1.29 is 18.7 Å². The Labute approximate surface area is 192 Å². The number of anilines is 2. The summed E-state index contributed by atoms with van der Waals surface area (Å²) in [6.07, 6.45) is 1.93. The van der Waals surface area contributed by atoms with Gasteiger partial charge < -0.3 is 24.3 Å². The predicted molar refractivity (Wildman–Crippen MR) is 125 cm³/mol. The van der Waals surface area contributed by atoms with Crippen LogP contribution in [0.4, 0.5) is 11.4 Å². The molecule has 0 spiro atoms. The zero-order valence-electron chi connectivity index (χ0n) is 18.6. The van der Waals surface area contributed by atoms with Gasteiger partial charge in [-0.2, -0.15) is 0 Å². The van der Waals surface area contributed by atoms with E-state index in [9.17, 15) is 9.59 Å². The van der Waals surface area contributed by atoms with E-state index in [0.29, 0.717) is 13.0 Å². The number of benzene rings is 2. The topological polar surface area (TPSA) is 75.0 Å². The van der Waals surface area contributed by atoms with E-state index in [1.54, 1.807) is 17.0 Å². The minimum Gasteiger partial charge on any atom is -0.459 e. The summed E-state index contributed by atoms with van der Waals surface area (Å²) < 4.78 is 10.8. The van der Waals surface area contributed by atoms with Crippen LogP contribution in [-0.2, 0) is 22.5 Å². The van der Waals surface area contributed by atoms with Gasteiger partial charge in [-0.1, -0.05) is 24.3 Å². The number of hydrogen-bond donors (Lipinski definition) is 1. The lowest BCUT2D eigenvalue weighted by atomic mass is 9.93. The first kappa shape index (κ1) is 21.3. The number of aryl methyl sites for hydroxylation is 1. The second kappa shape index (κ2) is 9.11. The highest BCUT2D eigenvalue weighted by atomic mass is 16.5. The number of furan rings is 1. The van der Waals surface area contributed by atoms with Crippen LogP contribution in [0.15, 0.2) is 65.3 Å². The Morgan fingerprint density at radius 3 is 2.52 bits per heavy atom. The van der Waals surface area contributed by atoms with E-state index in [1.165, 1.54) is 6.26 Å². The lowest BCUT2D eigenvalue weighted by Crippen LogP contribution is -2.50. The van der Waals surface area contributed by atoms with E-state index in [1.807, 2.05) is 43.3 Å². The predicted octanol–water partition coefficient (Wildman–Crippen LogP) is 3.63. The summed E-state index contributed by atoms with van der Waals surface area (Å²) in [4.78, 5) is 30.5. The second-order valence-corrected chi connectivity index (χ2v) is 8.49. The SMILES string of the molecule is Cc1cc(N2CCOCC2)ccc1NC(=O)C1Cc2ccccc2CN1C(=O)c1ccco1. The normalized spacial score (nSPS) is 18.0. The molecule has 0 aliphatic carbocycles. The number of nitrogens with zero attached hydrogens (tertiary/aromatic N) is 2. The molecule has 1 aromatic heterocycles. The molecule has 0 bridgehead atoms. The van der Waals surface area contributed by atoms with Gasteiger partial charge in [0.25, 0.3) is 5.91 Å². The van der Waals surface area contributed by atoms with Gasteiger partial charge in [0.2, 0.25) is 5.91 Å². The number of ether oxygens (including phenoxy) is 1. The van der Waals surface area contributed by atoms with Crippen molar-refractivity contribution in [3.05, 3.63) is 83.3 Å². The van der Waals surface area contributed by atoms with Crippen LogP contribution in [-0.4, -0.2) is 49.1 Å². The molecule has 7 heteroatoms. The van der Waals surface area contributed by atoms with Gasteiger partial charge in [0.05, 0.1) is 19.5 Å². The molecule has 2 aliphatic rings. The van der Waals surface area contributed by atoms with Crippen LogP contribution in [0.25, 0.3) is 0 Å².